The molecule has 242 valence electrons. The van der Waals surface area contributed by atoms with Crippen molar-refractivity contribution in [2.75, 3.05) is 0 Å². The molecule has 11 rings (SSSR count). The Morgan fingerprint density at radius 3 is 1.83 bits per heavy atom. The van der Waals surface area contributed by atoms with Crippen LogP contribution in [-0.4, -0.2) is 11.5 Å². The van der Waals surface area contributed by atoms with Crippen molar-refractivity contribution in [2.24, 2.45) is 0 Å². The Morgan fingerprint density at radius 1 is 0.385 bits per heavy atom. The molecule has 0 spiro atoms. The van der Waals surface area contributed by atoms with Crippen LogP contribution in [0.1, 0.15) is 0 Å². The van der Waals surface area contributed by atoms with Gasteiger partial charge in [-0.15, -0.1) is 0 Å². The molecule has 9 aromatic rings. The maximum absolute atomic E-state index is 6.86. The molecule has 0 saturated heterocycles. The van der Waals surface area contributed by atoms with Gasteiger partial charge in [-0.25, -0.2) is 0 Å². The molecule has 2 aliphatic rings. The molecule has 0 amide bonds. The molecule has 0 N–H and O–H groups in total. The van der Waals surface area contributed by atoms with Gasteiger partial charge in [0.1, 0.15) is 17.2 Å². The van der Waals surface area contributed by atoms with Gasteiger partial charge < -0.3 is 14.0 Å². The minimum Gasteiger partial charge on any atom is -0.551 e. The number of nitrogens with zero attached hydrogens (tertiary/aromatic N) is 1. The summed E-state index contributed by atoms with van der Waals surface area (Å²) >= 11 is 0. The van der Waals surface area contributed by atoms with Crippen molar-refractivity contribution < 1.29 is 9.39 Å². The number of aromatic nitrogens is 1. The highest BCUT2D eigenvalue weighted by Gasteiger charge is 2.41. The second-order valence-corrected chi connectivity index (χ2v) is 13.7. The fraction of sp³-hybridized carbons (Fsp3) is 0. The van der Waals surface area contributed by atoms with Crippen molar-refractivity contribution in [2.45, 2.75) is 0 Å². The molecule has 0 bridgehead atoms. The number of hydrogen-bond acceptors (Lipinski definition) is 2. The van der Waals surface area contributed by atoms with Crippen LogP contribution in [0, 0.1) is 0 Å². The number of ether oxygens (including phenoxy) is 1. The van der Waals surface area contributed by atoms with Crippen LogP contribution in [0.2, 0.25) is 0 Å². The maximum Gasteiger partial charge on any atom is 0.434 e. The van der Waals surface area contributed by atoms with E-state index in [9.17, 15) is 0 Å². The Balaban J connectivity index is 1.04. The van der Waals surface area contributed by atoms with E-state index in [1.165, 1.54) is 32.9 Å². The van der Waals surface area contributed by atoms with Gasteiger partial charge in [0.25, 0.3) is 0 Å². The molecule has 8 aromatic carbocycles. The average Bonchev–Trinajstić information content (AvgIpc) is 3.55. The Labute approximate surface area is 302 Å². The van der Waals surface area contributed by atoms with Crippen LogP contribution < -0.4 is 20.3 Å². The van der Waals surface area contributed by atoms with Crippen molar-refractivity contribution in [1.82, 2.24) is 4.57 Å². The van der Waals surface area contributed by atoms with Gasteiger partial charge in [-0.3, -0.25) is 0 Å². The number of benzene rings is 8. The number of fused-ring (bicyclic) bond motifs is 7. The fourth-order valence-electron chi connectivity index (χ4n) is 8.25. The zero-order chi connectivity index (χ0) is 34.2. The van der Waals surface area contributed by atoms with Crippen molar-refractivity contribution in [3.63, 3.8) is 0 Å². The van der Waals surface area contributed by atoms with Gasteiger partial charge >= 0.3 is 6.92 Å². The number of hydrogen-bond donors (Lipinski definition) is 0. The SMILES string of the molecule is c1ccc(-c2cccc(-c3ccc4c(c3)B3Oc5ccccc5-c5cc(-c6cccc(-n7c8ccccc8c8ccccc87)c6)cc(c53)O4)c2)cc1. The van der Waals surface area contributed by atoms with E-state index in [2.05, 4.69) is 187 Å². The lowest BCUT2D eigenvalue weighted by atomic mass is 9.50. The summed E-state index contributed by atoms with van der Waals surface area (Å²) in [5.41, 5.74) is 14.8. The Morgan fingerprint density at radius 2 is 1.02 bits per heavy atom. The third-order valence-electron chi connectivity index (χ3n) is 10.7. The monoisotopic (exact) mass is 663 g/mol. The minimum absolute atomic E-state index is 0.293. The average molecular weight is 664 g/mol. The van der Waals surface area contributed by atoms with E-state index >= 15 is 0 Å². The van der Waals surface area contributed by atoms with Crippen LogP contribution in [0.15, 0.2) is 182 Å². The summed E-state index contributed by atoms with van der Waals surface area (Å²) in [6.07, 6.45) is 0. The Bertz CT molecular complexity index is 2820. The fourth-order valence-corrected chi connectivity index (χ4v) is 8.25. The van der Waals surface area contributed by atoms with Gasteiger partial charge in [-0.2, -0.15) is 0 Å². The van der Waals surface area contributed by atoms with Crippen molar-refractivity contribution >= 4 is 39.6 Å². The molecular formula is C48H30BNO2. The lowest BCUT2D eigenvalue weighted by Crippen LogP contribution is -2.53. The highest BCUT2D eigenvalue weighted by molar-refractivity contribution is 6.84. The van der Waals surface area contributed by atoms with Gasteiger partial charge in [0.2, 0.25) is 0 Å². The van der Waals surface area contributed by atoms with E-state index in [4.69, 9.17) is 9.39 Å². The predicted octanol–water partition coefficient (Wildman–Crippen LogP) is 11.1. The van der Waals surface area contributed by atoms with Gasteiger partial charge in [0, 0.05) is 32.9 Å². The number of para-hydroxylation sites is 3. The van der Waals surface area contributed by atoms with Crippen molar-refractivity contribution in [3.8, 4) is 67.4 Å². The van der Waals surface area contributed by atoms with Crippen molar-refractivity contribution in [3.05, 3.63) is 182 Å². The maximum atomic E-state index is 6.86. The van der Waals surface area contributed by atoms with Crippen LogP contribution in [0.5, 0.6) is 17.2 Å². The molecule has 0 unspecified atom stereocenters. The van der Waals surface area contributed by atoms with Gasteiger partial charge in [-0.1, -0.05) is 127 Å². The van der Waals surface area contributed by atoms with Crippen LogP contribution in [0.3, 0.4) is 0 Å². The van der Waals surface area contributed by atoms with E-state index in [0.717, 1.165) is 67.2 Å². The predicted molar refractivity (Wildman–Crippen MR) is 215 cm³/mol. The highest BCUT2D eigenvalue weighted by atomic mass is 16.5. The summed E-state index contributed by atoms with van der Waals surface area (Å²) in [6, 6.07) is 64.8. The lowest BCUT2D eigenvalue weighted by Gasteiger charge is -2.33. The summed E-state index contributed by atoms with van der Waals surface area (Å²) in [5, 5.41) is 2.51. The van der Waals surface area contributed by atoms with E-state index in [-0.39, 0.29) is 6.92 Å². The smallest absolute Gasteiger partial charge is 0.434 e. The van der Waals surface area contributed by atoms with Crippen LogP contribution in [0.4, 0.5) is 0 Å². The van der Waals surface area contributed by atoms with E-state index in [1.807, 2.05) is 0 Å². The molecular weight excluding hydrogens is 633 g/mol. The molecule has 0 atom stereocenters. The normalized spacial score (nSPS) is 12.5. The van der Waals surface area contributed by atoms with E-state index in [1.54, 1.807) is 0 Å². The third kappa shape index (κ3) is 4.48. The molecule has 52 heavy (non-hydrogen) atoms. The molecule has 3 heterocycles. The molecule has 0 fully saturated rings. The zero-order valence-electron chi connectivity index (χ0n) is 28.2. The summed E-state index contributed by atoms with van der Waals surface area (Å²) in [6.45, 7) is -0.293. The van der Waals surface area contributed by atoms with E-state index in [0.29, 0.717) is 0 Å². The Hall–Kier alpha value is -6.78. The van der Waals surface area contributed by atoms with Crippen LogP contribution >= 0.6 is 0 Å². The highest BCUT2D eigenvalue weighted by Crippen LogP contribution is 2.42. The van der Waals surface area contributed by atoms with Gasteiger partial charge in [0.05, 0.1) is 11.0 Å². The third-order valence-corrected chi connectivity index (χ3v) is 10.7. The second-order valence-electron chi connectivity index (χ2n) is 13.7. The quantitative estimate of drug-likeness (QED) is 0.175. The van der Waals surface area contributed by atoms with Crippen LogP contribution in [-0.2, 0) is 0 Å². The lowest BCUT2D eigenvalue weighted by molar-refractivity contribution is 0.479. The summed E-state index contributed by atoms with van der Waals surface area (Å²) < 4.78 is 16.1. The standard InChI is InChI=1S/C48H30BNO2/c1-2-12-31(13-3-1)32-14-10-15-33(26-32)35-24-25-46-42(29-35)49-48-41(40-20-6-9-23-45(40)52-49)28-36(30-47(48)51-46)34-16-11-17-37(27-34)50-43-21-7-4-18-38(43)39-19-5-8-22-44(39)50/h1-30H. The van der Waals surface area contributed by atoms with E-state index < -0.39 is 0 Å². The van der Waals surface area contributed by atoms with Gasteiger partial charge in [-0.05, 0) is 93.5 Å². The minimum atomic E-state index is -0.293. The molecule has 3 nitrogen and oxygen atoms in total. The zero-order valence-corrected chi connectivity index (χ0v) is 28.2. The largest absolute Gasteiger partial charge is 0.551 e. The first-order valence-electron chi connectivity index (χ1n) is 17.8. The number of rotatable bonds is 4. The summed E-state index contributed by atoms with van der Waals surface area (Å²) in [5.74, 6) is 2.54. The summed E-state index contributed by atoms with van der Waals surface area (Å²) in [4.78, 5) is 0. The topological polar surface area (TPSA) is 23.4 Å². The van der Waals surface area contributed by atoms with Crippen molar-refractivity contribution in [1.29, 1.82) is 0 Å². The summed E-state index contributed by atoms with van der Waals surface area (Å²) in [7, 11) is 0. The van der Waals surface area contributed by atoms with Gasteiger partial charge in [0.15, 0.2) is 0 Å². The molecule has 1 aromatic heterocycles. The first-order valence-corrected chi connectivity index (χ1v) is 17.8. The second kappa shape index (κ2) is 11.4. The van der Waals surface area contributed by atoms with Crippen LogP contribution in [0.25, 0.3) is 72.0 Å². The molecule has 0 aliphatic carbocycles. The molecule has 0 radical (unpaired) electrons. The molecule has 4 heteroatoms. The Kier molecular flexibility index (Phi) is 6.35. The molecule has 2 aliphatic heterocycles. The first kappa shape index (κ1) is 29.0. The molecule has 0 saturated carbocycles. The first-order chi connectivity index (χ1) is 25.8.